The Morgan fingerprint density at radius 2 is 1.59 bits per heavy atom. The molecule has 2 saturated heterocycles. The fourth-order valence-electron chi connectivity index (χ4n) is 4.25. The normalized spacial score (nSPS) is 24.1. The highest BCUT2D eigenvalue weighted by Crippen LogP contribution is 2.21. The lowest BCUT2D eigenvalue weighted by Crippen LogP contribution is -2.53. The van der Waals surface area contributed by atoms with Crippen LogP contribution in [0.4, 0.5) is 0 Å². The fraction of sp³-hybridized carbons (Fsp3) is 0.619. The van der Waals surface area contributed by atoms with E-state index in [-0.39, 0.29) is 24.0 Å². The number of phenols is 1. The van der Waals surface area contributed by atoms with Crippen molar-refractivity contribution in [2.45, 2.75) is 26.7 Å². The third kappa shape index (κ3) is 5.22. The van der Waals surface area contributed by atoms with Crippen LogP contribution in [0.25, 0.3) is 0 Å². The van der Waals surface area contributed by atoms with E-state index in [1.165, 1.54) is 6.42 Å². The van der Waals surface area contributed by atoms with E-state index in [1.54, 1.807) is 18.2 Å². The number of benzene rings is 1. The van der Waals surface area contributed by atoms with Crippen molar-refractivity contribution in [3.8, 4) is 5.75 Å². The molecule has 1 N–H and O–H groups in total. The Morgan fingerprint density at radius 3 is 2.22 bits per heavy atom. The van der Waals surface area contributed by atoms with E-state index >= 15 is 0 Å². The highest BCUT2D eigenvalue weighted by molar-refractivity contribution is 5.80. The third-order valence-electron chi connectivity index (χ3n) is 5.64. The van der Waals surface area contributed by atoms with Crippen molar-refractivity contribution in [3.05, 3.63) is 29.8 Å². The summed E-state index contributed by atoms with van der Waals surface area (Å²) in [5.74, 6) is 1.55. The summed E-state index contributed by atoms with van der Waals surface area (Å²) in [7, 11) is 0. The van der Waals surface area contributed by atoms with Gasteiger partial charge in [-0.05, 0) is 24.3 Å². The molecule has 0 aromatic heterocycles. The summed E-state index contributed by atoms with van der Waals surface area (Å²) in [6.07, 6.45) is 1.41. The number of likely N-dealkylation sites (tertiary alicyclic amines) is 1. The molecule has 6 heteroatoms. The van der Waals surface area contributed by atoms with Gasteiger partial charge in [-0.1, -0.05) is 32.0 Å². The largest absolute Gasteiger partial charge is 0.508 e. The lowest BCUT2D eigenvalue weighted by atomic mass is 9.92. The van der Waals surface area contributed by atoms with Gasteiger partial charge < -0.3 is 14.9 Å². The van der Waals surface area contributed by atoms with Crippen LogP contribution in [-0.4, -0.2) is 77.4 Å². The average molecular weight is 373 g/mol. The average Bonchev–Trinajstić information content (AvgIpc) is 2.63. The molecule has 0 aliphatic carbocycles. The second-order valence-corrected chi connectivity index (χ2v) is 8.21. The minimum absolute atomic E-state index is 0.0288. The van der Waals surface area contributed by atoms with Gasteiger partial charge in [-0.25, -0.2) is 0 Å². The van der Waals surface area contributed by atoms with Crippen LogP contribution in [0.2, 0.25) is 0 Å². The Labute approximate surface area is 161 Å². The first-order valence-corrected chi connectivity index (χ1v) is 9.97. The minimum atomic E-state index is 0.0288. The lowest BCUT2D eigenvalue weighted by Gasteiger charge is -2.38. The molecule has 2 heterocycles. The van der Waals surface area contributed by atoms with Gasteiger partial charge in [-0.3, -0.25) is 14.5 Å². The maximum atomic E-state index is 12.6. The van der Waals surface area contributed by atoms with E-state index < -0.39 is 0 Å². The second kappa shape index (κ2) is 8.74. The van der Waals surface area contributed by atoms with E-state index in [0.717, 1.165) is 26.2 Å². The molecule has 0 spiro atoms. The van der Waals surface area contributed by atoms with Crippen LogP contribution in [0.3, 0.4) is 0 Å². The Hall–Kier alpha value is -2.08. The van der Waals surface area contributed by atoms with Gasteiger partial charge in [0.1, 0.15) is 5.75 Å². The van der Waals surface area contributed by atoms with Crippen LogP contribution in [0.1, 0.15) is 25.8 Å². The predicted octanol–water partition coefficient (Wildman–Crippen LogP) is 1.58. The number of amides is 2. The molecule has 1 aromatic carbocycles. The van der Waals surface area contributed by atoms with E-state index in [0.29, 0.717) is 37.0 Å². The number of hydrogen-bond donors (Lipinski definition) is 1. The van der Waals surface area contributed by atoms with Crippen LogP contribution in [-0.2, 0) is 16.0 Å². The molecule has 2 amide bonds. The SMILES string of the molecule is C[C@H]1C[C@H](C)CN(C(=O)CN2CCN(C(=O)Cc3ccccc3O)CC2)C1. The molecule has 2 atom stereocenters. The quantitative estimate of drug-likeness (QED) is 0.870. The van der Waals surface area contributed by atoms with Crippen molar-refractivity contribution < 1.29 is 14.7 Å². The van der Waals surface area contributed by atoms with Crippen molar-refractivity contribution in [1.29, 1.82) is 0 Å². The number of carbonyl (C=O) groups excluding carboxylic acids is 2. The van der Waals surface area contributed by atoms with E-state index in [2.05, 4.69) is 18.7 Å². The highest BCUT2D eigenvalue weighted by Gasteiger charge is 2.28. The maximum absolute atomic E-state index is 12.6. The number of piperidine rings is 1. The molecular weight excluding hydrogens is 342 g/mol. The maximum Gasteiger partial charge on any atom is 0.236 e. The predicted molar refractivity (Wildman–Crippen MR) is 104 cm³/mol. The molecule has 2 aliphatic heterocycles. The van der Waals surface area contributed by atoms with Crippen LogP contribution in [0, 0.1) is 11.8 Å². The van der Waals surface area contributed by atoms with E-state index in [1.807, 2.05) is 15.9 Å². The van der Waals surface area contributed by atoms with Gasteiger partial charge in [0.15, 0.2) is 0 Å². The number of rotatable bonds is 4. The van der Waals surface area contributed by atoms with Gasteiger partial charge in [-0.2, -0.15) is 0 Å². The minimum Gasteiger partial charge on any atom is -0.508 e. The summed E-state index contributed by atoms with van der Waals surface area (Å²) in [5, 5.41) is 9.84. The summed E-state index contributed by atoms with van der Waals surface area (Å²) in [4.78, 5) is 31.1. The summed E-state index contributed by atoms with van der Waals surface area (Å²) in [6.45, 7) is 9.30. The number of carbonyl (C=O) groups is 2. The fourth-order valence-corrected chi connectivity index (χ4v) is 4.25. The smallest absolute Gasteiger partial charge is 0.236 e. The summed E-state index contributed by atoms with van der Waals surface area (Å²) in [5.41, 5.74) is 0.661. The molecule has 148 valence electrons. The first-order chi connectivity index (χ1) is 12.9. The number of phenolic OH excluding ortho intramolecular Hbond substituents is 1. The van der Waals surface area contributed by atoms with Crippen molar-refractivity contribution >= 4 is 11.8 Å². The molecule has 0 bridgehead atoms. The Bertz CT molecular complexity index is 660. The lowest BCUT2D eigenvalue weighted by molar-refractivity contribution is -0.136. The number of aromatic hydroxyl groups is 1. The number of piperazine rings is 1. The van der Waals surface area contributed by atoms with E-state index in [9.17, 15) is 14.7 Å². The van der Waals surface area contributed by atoms with Crippen LogP contribution in [0.5, 0.6) is 5.75 Å². The molecule has 0 saturated carbocycles. The van der Waals surface area contributed by atoms with Gasteiger partial charge >= 0.3 is 0 Å². The molecule has 1 aromatic rings. The molecule has 27 heavy (non-hydrogen) atoms. The molecule has 2 fully saturated rings. The zero-order valence-electron chi connectivity index (χ0n) is 16.4. The molecular formula is C21H31N3O3. The highest BCUT2D eigenvalue weighted by atomic mass is 16.3. The van der Waals surface area contributed by atoms with Crippen LogP contribution >= 0.6 is 0 Å². The molecule has 3 rings (SSSR count). The monoisotopic (exact) mass is 373 g/mol. The first-order valence-electron chi connectivity index (χ1n) is 9.97. The Balaban J connectivity index is 1.45. The van der Waals surface area contributed by atoms with Gasteiger partial charge in [-0.15, -0.1) is 0 Å². The van der Waals surface area contributed by atoms with Gasteiger partial charge in [0.05, 0.1) is 13.0 Å². The summed E-state index contributed by atoms with van der Waals surface area (Å²) in [6, 6.07) is 6.97. The summed E-state index contributed by atoms with van der Waals surface area (Å²) >= 11 is 0. The number of hydrogen-bond acceptors (Lipinski definition) is 4. The Kier molecular flexibility index (Phi) is 6.37. The molecule has 0 unspecified atom stereocenters. The van der Waals surface area contributed by atoms with Crippen LogP contribution in [0.15, 0.2) is 24.3 Å². The molecule has 6 nitrogen and oxygen atoms in total. The second-order valence-electron chi connectivity index (χ2n) is 8.21. The zero-order chi connectivity index (χ0) is 19.4. The topological polar surface area (TPSA) is 64.1 Å². The standard InChI is InChI=1S/C21H31N3O3/c1-16-11-17(2)14-24(13-16)21(27)15-22-7-9-23(10-8-22)20(26)12-18-5-3-4-6-19(18)25/h3-6,16-17,25H,7-15H2,1-2H3/t16-,17-/m0/s1. The Morgan fingerprint density at radius 1 is 0.963 bits per heavy atom. The third-order valence-corrected chi connectivity index (χ3v) is 5.64. The van der Waals surface area contributed by atoms with Crippen molar-refractivity contribution in [2.24, 2.45) is 11.8 Å². The van der Waals surface area contributed by atoms with Crippen molar-refractivity contribution in [2.75, 3.05) is 45.8 Å². The zero-order valence-corrected chi connectivity index (χ0v) is 16.4. The first kappa shape index (κ1) is 19.7. The van der Waals surface area contributed by atoms with Crippen molar-refractivity contribution in [3.63, 3.8) is 0 Å². The molecule has 0 radical (unpaired) electrons. The number of nitrogens with zero attached hydrogens (tertiary/aromatic N) is 3. The van der Waals surface area contributed by atoms with Gasteiger partial charge in [0.25, 0.3) is 0 Å². The van der Waals surface area contributed by atoms with Gasteiger partial charge in [0, 0.05) is 44.8 Å². The summed E-state index contributed by atoms with van der Waals surface area (Å²) < 4.78 is 0. The van der Waals surface area contributed by atoms with Crippen LogP contribution < -0.4 is 0 Å². The number of para-hydroxylation sites is 1. The van der Waals surface area contributed by atoms with Crippen molar-refractivity contribution in [1.82, 2.24) is 14.7 Å². The molecule has 2 aliphatic rings. The van der Waals surface area contributed by atoms with E-state index in [4.69, 9.17) is 0 Å². The van der Waals surface area contributed by atoms with Gasteiger partial charge in [0.2, 0.25) is 11.8 Å².